The standard InChI is InChI=1S/C19H20N4O.ClH/c20-9-15-11-23(12-17(15)13-5-2-1-3-6-13)19(24)16-8-4-7-14-10-21-22-18(14)16;/h1-8,10,15,17H,9,11-12,20H2,(H,21,22);1H/t15-,17+;/m1./s1. The zero-order valence-electron chi connectivity index (χ0n) is 13.8. The summed E-state index contributed by atoms with van der Waals surface area (Å²) in [5.41, 5.74) is 8.71. The molecule has 1 amide bonds. The van der Waals surface area contributed by atoms with Gasteiger partial charge in [-0.2, -0.15) is 5.10 Å². The van der Waals surface area contributed by atoms with Gasteiger partial charge in [-0.15, -0.1) is 12.4 Å². The lowest BCUT2D eigenvalue weighted by atomic mass is 9.89. The molecule has 1 aromatic heterocycles. The van der Waals surface area contributed by atoms with E-state index in [-0.39, 0.29) is 24.2 Å². The lowest BCUT2D eigenvalue weighted by Crippen LogP contribution is -2.30. The molecule has 2 heterocycles. The van der Waals surface area contributed by atoms with Gasteiger partial charge < -0.3 is 10.6 Å². The molecule has 3 aromatic rings. The van der Waals surface area contributed by atoms with Crippen molar-refractivity contribution >= 4 is 29.2 Å². The van der Waals surface area contributed by atoms with E-state index in [1.807, 2.05) is 41.3 Å². The van der Waals surface area contributed by atoms with Gasteiger partial charge in [-0.3, -0.25) is 9.89 Å². The second-order valence-corrected chi connectivity index (χ2v) is 6.36. The molecule has 1 aliphatic rings. The Hall–Kier alpha value is -2.37. The van der Waals surface area contributed by atoms with Gasteiger partial charge in [-0.25, -0.2) is 0 Å². The molecule has 2 aromatic carbocycles. The summed E-state index contributed by atoms with van der Waals surface area (Å²) in [6.45, 7) is 1.98. The smallest absolute Gasteiger partial charge is 0.256 e. The van der Waals surface area contributed by atoms with Crippen LogP contribution in [0.25, 0.3) is 10.9 Å². The van der Waals surface area contributed by atoms with Crippen molar-refractivity contribution in [2.75, 3.05) is 19.6 Å². The summed E-state index contributed by atoms with van der Waals surface area (Å²) in [7, 11) is 0. The van der Waals surface area contributed by atoms with Crippen LogP contribution >= 0.6 is 12.4 Å². The van der Waals surface area contributed by atoms with Gasteiger partial charge in [0.2, 0.25) is 0 Å². The Morgan fingerprint density at radius 2 is 1.96 bits per heavy atom. The van der Waals surface area contributed by atoms with Gasteiger partial charge in [0.05, 0.1) is 17.3 Å². The van der Waals surface area contributed by atoms with Crippen LogP contribution in [-0.2, 0) is 0 Å². The lowest BCUT2D eigenvalue weighted by molar-refractivity contribution is 0.0788. The number of hydrogen-bond acceptors (Lipinski definition) is 3. The largest absolute Gasteiger partial charge is 0.338 e. The number of H-pyrrole nitrogens is 1. The molecule has 6 heteroatoms. The van der Waals surface area contributed by atoms with Crippen LogP contribution in [0.3, 0.4) is 0 Å². The Balaban J connectivity index is 0.00000182. The van der Waals surface area contributed by atoms with Gasteiger partial charge in [-0.05, 0) is 24.1 Å². The van der Waals surface area contributed by atoms with Crippen molar-refractivity contribution < 1.29 is 4.79 Å². The van der Waals surface area contributed by atoms with Crippen molar-refractivity contribution in [3.05, 3.63) is 65.9 Å². The van der Waals surface area contributed by atoms with Crippen LogP contribution in [0.15, 0.2) is 54.7 Å². The van der Waals surface area contributed by atoms with Crippen molar-refractivity contribution in [3.8, 4) is 0 Å². The number of likely N-dealkylation sites (tertiary alicyclic amines) is 1. The molecule has 1 fully saturated rings. The molecule has 2 atom stereocenters. The van der Waals surface area contributed by atoms with Gasteiger partial charge in [-0.1, -0.05) is 42.5 Å². The van der Waals surface area contributed by atoms with E-state index in [2.05, 4.69) is 22.3 Å². The van der Waals surface area contributed by atoms with Crippen LogP contribution in [0.4, 0.5) is 0 Å². The average molecular weight is 357 g/mol. The van der Waals surface area contributed by atoms with Crippen LogP contribution < -0.4 is 5.73 Å². The van der Waals surface area contributed by atoms with Crippen molar-refractivity contribution in [1.29, 1.82) is 0 Å². The first-order valence-corrected chi connectivity index (χ1v) is 8.24. The highest BCUT2D eigenvalue weighted by Crippen LogP contribution is 2.33. The second kappa shape index (κ2) is 7.25. The number of hydrogen-bond donors (Lipinski definition) is 2. The fourth-order valence-corrected chi connectivity index (χ4v) is 3.67. The number of carbonyl (C=O) groups excluding carboxylic acids is 1. The SMILES string of the molecule is Cl.NC[C@@H]1CN(C(=O)c2cccc3cn[nH]c23)C[C@H]1c1ccccc1. The van der Waals surface area contributed by atoms with E-state index < -0.39 is 0 Å². The predicted octanol–water partition coefficient (Wildman–Crippen LogP) is 2.80. The average Bonchev–Trinajstić information content (AvgIpc) is 3.28. The Labute approximate surface area is 152 Å². The second-order valence-electron chi connectivity index (χ2n) is 6.36. The molecule has 0 spiro atoms. The Bertz CT molecular complexity index is 864. The molecule has 1 aliphatic heterocycles. The number of rotatable bonds is 3. The topological polar surface area (TPSA) is 75.0 Å². The summed E-state index contributed by atoms with van der Waals surface area (Å²) in [6.07, 6.45) is 1.74. The van der Waals surface area contributed by atoms with Gasteiger partial charge in [0.25, 0.3) is 5.91 Å². The quantitative estimate of drug-likeness (QED) is 0.757. The third-order valence-corrected chi connectivity index (χ3v) is 4.97. The Morgan fingerprint density at radius 1 is 1.16 bits per heavy atom. The monoisotopic (exact) mass is 356 g/mol. The molecule has 5 nitrogen and oxygen atoms in total. The van der Waals surface area contributed by atoms with Crippen LogP contribution in [-0.4, -0.2) is 40.6 Å². The normalized spacial score (nSPS) is 19.8. The minimum absolute atomic E-state index is 0. The van der Waals surface area contributed by atoms with E-state index in [1.54, 1.807) is 6.20 Å². The highest BCUT2D eigenvalue weighted by atomic mass is 35.5. The molecule has 1 saturated heterocycles. The van der Waals surface area contributed by atoms with Crippen molar-refractivity contribution in [2.24, 2.45) is 11.7 Å². The van der Waals surface area contributed by atoms with Crippen LogP contribution in [0, 0.1) is 5.92 Å². The number of nitrogens with two attached hydrogens (primary N) is 1. The van der Waals surface area contributed by atoms with Gasteiger partial charge in [0.15, 0.2) is 0 Å². The molecule has 0 aliphatic carbocycles. The van der Waals surface area contributed by atoms with Gasteiger partial charge in [0, 0.05) is 24.4 Å². The summed E-state index contributed by atoms with van der Waals surface area (Å²) in [6, 6.07) is 16.0. The fourth-order valence-electron chi connectivity index (χ4n) is 3.67. The van der Waals surface area contributed by atoms with Crippen LogP contribution in [0.5, 0.6) is 0 Å². The Morgan fingerprint density at radius 3 is 2.72 bits per heavy atom. The maximum Gasteiger partial charge on any atom is 0.256 e. The van der Waals surface area contributed by atoms with Gasteiger partial charge in [0.1, 0.15) is 0 Å². The third-order valence-electron chi connectivity index (χ3n) is 4.97. The number of aromatic nitrogens is 2. The number of aromatic amines is 1. The number of carbonyl (C=O) groups is 1. The summed E-state index contributed by atoms with van der Waals surface area (Å²) in [5.74, 6) is 0.625. The zero-order valence-corrected chi connectivity index (χ0v) is 14.6. The van der Waals surface area contributed by atoms with Crippen molar-refractivity contribution in [2.45, 2.75) is 5.92 Å². The third kappa shape index (κ3) is 3.13. The molecule has 0 unspecified atom stereocenters. The number of benzene rings is 2. The molecular formula is C19H21ClN4O. The maximum atomic E-state index is 13.0. The van der Waals surface area contributed by atoms with E-state index in [1.165, 1.54) is 5.56 Å². The predicted molar refractivity (Wildman–Crippen MR) is 101 cm³/mol. The number of nitrogens with one attached hydrogen (secondary N) is 1. The van der Waals surface area contributed by atoms with Gasteiger partial charge >= 0.3 is 0 Å². The molecular weight excluding hydrogens is 336 g/mol. The first kappa shape index (κ1) is 17.5. The number of amides is 1. The van der Waals surface area contributed by atoms with E-state index >= 15 is 0 Å². The van der Waals surface area contributed by atoms with E-state index in [0.717, 1.165) is 10.9 Å². The molecule has 25 heavy (non-hydrogen) atoms. The van der Waals surface area contributed by atoms with E-state index in [9.17, 15) is 4.79 Å². The van der Waals surface area contributed by atoms with Crippen LogP contribution in [0.2, 0.25) is 0 Å². The molecule has 3 N–H and O–H groups in total. The number of para-hydroxylation sites is 1. The first-order chi connectivity index (χ1) is 11.8. The zero-order chi connectivity index (χ0) is 16.5. The number of nitrogens with zero attached hydrogens (tertiary/aromatic N) is 2. The first-order valence-electron chi connectivity index (χ1n) is 8.24. The van der Waals surface area contributed by atoms with E-state index in [4.69, 9.17) is 5.73 Å². The fraction of sp³-hybridized carbons (Fsp3) is 0.263. The van der Waals surface area contributed by atoms with Crippen molar-refractivity contribution in [1.82, 2.24) is 15.1 Å². The molecule has 4 rings (SSSR count). The lowest BCUT2D eigenvalue weighted by Gasteiger charge is -2.17. The summed E-state index contributed by atoms with van der Waals surface area (Å²) >= 11 is 0. The molecule has 0 saturated carbocycles. The summed E-state index contributed by atoms with van der Waals surface area (Å²) < 4.78 is 0. The molecule has 130 valence electrons. The van der Waals surface area contributed by atoms with Crippen molar-refractivity contribution in [3.63, 3.8) is 0 Å². The highest BCUT2D eigenvalue weighted by molar-refractivity contribution is 6.05. The summed E-state index contributed by atoms with van der Waals surface area (Å²) in [4.78, 5) is 15.0. The number of fused-ring (bicyclic) bond motifs is 1. The minimum Gasteiger partial charge on any atom is -0.338 e. The van der Waals surface area contributed by atoms with Crippen LogP contribution in [0.1, 0.15) is 21.8 Å². The number of halogens is 1. The molecule has 0 bridgehead atoms. The summed E-state index contributed by atoms with van der Waals surface area (Å²) in [5, 5.41) is 7.94. The highest BCUT2D eigenvalue weighted by Gasteiger charge is 2.36. The molecule has 0 radical (unpaired) electrons. The maximum absolute atomic E-state index is 13.0. The minimum atomic E-state index is 0. The van der Waals surface area contributed by atoms with E-state index in [0.29, 0.717) is 31.1 Å². The Kier molecular flexibility index (Phi) is 5.06.